The Morgan fingerprint density at radius 2 is 2.03 bits per heavy atom. The number of halogens is 4. The normalized spacial score (nSPS) is 16.7. The van der Waals surface area contributed by atoms with E-state index < -0.39 is 29.9 Å². The molecule has 2 N–H and O–H groups in total. The van der Waals surface area contributed by atoms with Gasteiger partial charge < -0.3 is 19.7 Å². The van der Waals surface area contributed by atoms with Gasteiger partial charge in [-0.3, -0.25) is 10.1 Å². The molecule has 2 atom stereocenters. The van der Waals surface area contributed by atoms with E-state index in [0.717, 1.165) is 48.3 Å². The highest BCUT2D eigenvalue weighted by molar-refractivity contribution is 7.19. The monoisotopic (exact) mass is 513 g/mol. The van der Waals surface area contributed by atoms with Crippen LogP contribution in [0, 0.1) is 5.82 Å². The van der Waals surface area contributed by atoms with Crippen LogP contribution in [0.25, 0.3) is 0 Å². The number of aromatic nitrogens is 4. The van der Waals surface area contributed by atoms with Crippen molar-refractivity contribution in [3.63, 3.8) is 0 Å². The number of alkyl halides is 3. The van der Waals surface area contributed by atoms with Gasteiger partial charge in [0.15, 0.2) is 23.5 Å². The Kier molecular flexibility index (Phi) is 7.25. The number of nitrogens with zero attached hydrogens (tertiary/aromatic N) is 5. The first-order valence-corrected chi connectivity index (χ1v) is 11.0. The molecule has 1 aliphatic heterocycles. The van der Waals surface area contributed by atoms with Crippen LogP contribution in [0.15, 0.2) is 36.5 Å². The topological polar surface area (TPSA) is 114 Å². The van der Waals surface area contributed by atoms with Crippen molar-refractivity contribution in [1.29, 1.82) is 0 Å². The highest BCUT2D eigenvalue weighted by atomic mass is 32.1. The van der Waals surface area contributed by atoms with E-state index in [-0.39, 0.29) is 16.7 Å². The second kappa shape index (κ2) is 10.4. The maximum atomic E-state index is 13.7. The lowest BCUT2D eigenvalue weighted by molar-refractivity contribution is -0.275. The van der Waals surface area contributed by atoms with Crippen LogP contribution in [0.3, 0.4) is 0 Å². The van der Waals surface area contributed by atoms with E-state index >= 15 is 0 Å². The third-order valence-corrected chi connectivity index (χ3v) is 5.78. The molecule has 1 aliphatic rings. The minimum atomic E-state index is -5.09. The molecular formula is C20H19F4N7O3S. The third-order valence-electron chi connectivity index (χ3n) is 5.01. The van der Waals surface area contributed by atoms with E-state index in [2.05, 4.69) is 40.7 Å². The van der Waals surface area contributed by atoms with Gasteiger partial charge in [0.1, 0.15) is 0 Å². The maximum absolute atomic E-state index is 13.7. The number of hydrogen-bond donors (Lipinski definition) is 2. The van der Waals surface area contributed by atoms with Crippen molar-refractivity contribution in [1.82, 2.24) is 20.4 Å². The van der Waals surface area contributed by atoms with Gasteiger partial charge in [-0.2, -0.15) is 5.10 Å². The van der Waals surface area contributed by atoms with Crippen LogP contribution in [0.2, 0.25) is 0 Å². The average molecular weight is 513 g/mol. The molecule has 0 radical (unpaired) electrons. The first kappa shape index (κ1) is 24.5. The van der Waals surface area contributed by atoms with Gasteiger partial charge in [-0.15, -0.1) is 28.5 Å². The van der Waals surface area contributed by atoms with Gasteiger partial charge in [0.2, 0.25) is 10.3 Å². The lowest BCUT2D eigenvalue weighted by Crippen LogP contribution is -2.26. The molecule has 1 unspecified atom stereocenters. The van der Waals surface area contributed by atoms with Gasteiger partial charge in [0, 0.05) is 32.4 Å². The number of carbonyl (C=O) groups is 1. The van der Waals surface area contributed by atoms with Crippen LogP contribution in [0.1, 0.15) is 18.1 Å². The van der Waals surface area contributed by atoms with Gasteiger partial charge in [0.25, 0.3) is 5.91 Å². The molecule has 0 spiro atoms. The fraction of sp³-hybridized carbons (Fsp3) is 0.350. The number of benzene rings is 1. The first-order chi connectivity index (χ1) is 16.7. The fourth-order valence-electron chi connectivity index (χ4n) is 3.51. The second-order valence-electron chi connectivity index (χ2n) is 7.41. The predicted molar refractivity (Wildman–Crippen MR) is 118 cm³/mol. The fourth-order valence-corrected chi connectivity index (χ4v) is 4.23. The number of nitrogens with one attached hydrogen (secondary N) is 2. The standard InChI is InChI=1S/C20H19F4N7O3S/c1-33-16(11-4-5-13(21)14(9-11)34-20(22,23)24)17(32)27-19-30-29-18(35-19)26-12-6-8-31(10-12)15-3-2-7-25-28-15/h2-5,7,9,12,16H,6,8,10H2,1H3,(H,26,29)(H,27,30,32)/t12-,16?/m1/s1. The molecule has 15 heteroatoms. The summed E-state index contributed by atoms with van der Waals surface area (Å²) >= 11 is 1.08. The van der Waals surface area contributed by atoms with Crippen molar-refractivity contribution in [2.75, 3.05) is 35.7 Å². The molecule has 186 valence electrons. The van der Waals surface area contributed by atoms with Gasteiger partial charge >= 0.3 is 6.36 Å². The molecule has 1 amide bonds. The number of methoxy groups -OCH3 is 1. The molecule has 35 heavy (non-hydrogen) atoms. The SMILES string of the molecule is COC(C(=O)Nc1nnc(N[C@@H]2CCN(c3cccnn3)C2)s1)c1ccc(F)c(OC(F)(F)F)c1. The van der Waals surface area contributed by atoms with E-state index in [1.165, 1.54) is 7.11 Å². The average Bonchev–Trinajstić information content (AvgIpc) is 3.46. The van der Waals surface area contributed by atoms with Crippen LogP contribution in [-0.4, -0.2) is 58.9 Å². The summed E-state index contributed by atoms with van der Waals surface area (Å²) in [4.78, 5) is 14.8. The minimum absolute atomic E-state index is 0.0384. The highest BCUT2D eigenvalue weighted by Crippen LogP contribution is 2.31. The maximum Gasteiger partial charge on any atom is 0.573 e. The zero-order chi connectivity index (χ0) is 25.0. The van der Waals surface area contributed by atoms with Crippen LogP contribution >= 0.6 is 11.3 Å². The van der Waals surface area contributed by atoms with Crippen LogP contribution in [-0.2, 0) is 9.53 Å². The Labute approximate surface area is 200 Å². The smallest absolute Gasteiger partial charge is 0.403 e. The Hall–Kier alpha value is -3.59. The Balaban J connectivity index is 1.37. The summed E-state index contributed by atoms with van der Waals surface area (Å²) < 4.78 is 60.0. The first-order valence-electron chi connectivity index (χ1n) is 10.2. The summed E-state index contributed by atoms with van der Waals surface area (Å²) in [6.45, 7) is 1.46. The van der Waals surface area contributed by atoms with Crippen LogP contribution in [0.5, 0.6) is 5.75 Å². The molecule has 2 aromatic heterocycles. The Bertz CT molecular complexity index is 1170. The summed E-state index contributed by atoms with van der Waals surface area (Å²) in [5.41, 5.74) is -0.0384. The number of rotatable bonds is 8. The van der Waals surface area contributed by atoms with Crippen molar-refractivity contribution in [2.45, 2.75) is 24.9 Å². The zero-order valence-electron chi connectivity index (χ0n) is 18.1. The molecule has 0 saturated carbocycles. The lowest BCUT2D eigenvalue weighted by Gasteiger charge is -2.17. The van der Waals surface area contributed by atoms with E-state index in [1.54, 1.807) is 6.20 Å². The Morgan fingerprint density at radius 3 is 2.74 bits per heavy atom. The van der Waals surface area contributed by atoms with Gasteiger partial charge in [-0.1, -0.05) is 17.4 Å². The van der Waals surface area contributed by atoms with Crippen molar-refractivity contribution in [2.24, 2.45) is 0 Å². The van der Waals surface area contributed by atoms with Crippen molar-refractivity contribution < 1.29 is 31.8 Å². The quantitative estimate of drug-likeness (QED) is 0.438. The molecule has 1 aromatic carbocycles. The van der Waals surface area contributed by atoms with E-state index in [1.807, 2.05) is 12.1 Å². The number of hydrogen-bond acceptors (Lipinski definition) is 10. The molecule has 1 saturated heterocycles. The van der Waals surface area contributed by atoms with E-state index in [9.17, 15) is 22.4 Å². The largest absolute Gasteiger partial charge is 0.573 e. The lowest BCUT2D eigenvalue weighted by atomic mass is 10.1. The zero-order valence-corrected chi connectivity index (χ0v) is 18.9. The number of amides is 1. The number of ether oxygens (including phenoxy) is 2. The minimum Gasteiger partial charge on any atom is -0.403 e. The van der Waals surface area contributed by atoms with E-state index in [4.69, 9.17) is 4.74 Å². The summed E-state index contributed by atoms with van der Waals surface area (Å²) in [7, 11) is 1.19. The van der Waals surface area contributed by atoms with Crippen molar-refractivity contribution in [3.05, 3.63) is 47.9 Å². The summed E-state index contributed by atoms with van der Waals surface area (Å²) in [6, 6.07) is 6.40. The van der Waals surface area contributed by atoms with Gasteiger partial charge in [0.05, 0.1) is 0 Å². The molecule has 4 rings (SSSR count). The number of carbonyl (C=O) groups excluding carboxylic acids is 1. The second-order valence-corrected chi connectivity index (χ2v) is 8.39. The molecule has 0 aliphatic carbocycles. The molecule has 0 bridgehead atoms. The highest BCUT2D eigenvalue weighted by Gasteiger charge is 2.33. The number of anilines is 3. The van der Waals surface area contributed by atoms with E-state index in [0.29, 0.717) is 11.7 Å². The molecule has 10 nitrogen and oxygen atoms in total. The molecule has 1 fully saturated rings. The van der Waals surface area contributed by atoms with Crippen LogP contribution < -0.4 is 20.3 Å². The van der Waals surface area contributed by atoms with Crippen molar-refractivity contribution in [3.8, 4) is 5.75 Å². The van der Waals surface area contributed by atoms with Gasteiger partial charge in [-0.05, 0) is 36.2 Å². The summed E-state index contributed by atoms with van der Waals surface area (Å²) in [5.74, 6) is -2.25. The molecular weight excluding hydrogens is 494 g/mol. The van der Waals surface area contributed by atoms with Crippen LogP contribution in [0.4, 0.5) is 33.6 Å². The third kappa shape index (κ3) is 6.30. The molecule has 3 aromatic rings. The summed E-state index contributed by atoms with van der Waals surface area (Å²) in [6.07, 6.45) is -4.00. The van der Waals surface area contributed by atoms with Gasteiger partial charge in [-0.25, -0.2) is 4.39 Å². The predicted octanol–water partition coefficient (Wildman–Crippen LogP) is 3.38. The molecule has 3 heterocycles. The Morgan fingerprint density at radius 1 is 1.23 bits per heavy atom. The van der Waals surface area contributed by atoms with Crippen molar-refractivity contribution >= 4 is 33.3 Å². The summed E-state index contributed by atoms with van der Waals surface area (Å²) in [5, 5.41) is 22.3.